The van der Waals surface area contributed by atoms with Crippen LogP contribution in [0.25, 0.3) is 0 Å². The van der Waals surface area contributed by atoms with Crippen molar-refractivity contribution in [1.29, 1.82) is 0 Å². The predicted molar refractivity (Wildman–Crippen MR) is 65.3 cm³/mol. The molecule has 2 rings (SSSR count). The van der Waals surface area contributed by atoms with E-state index >= 15 is 0 Å². The summed E-state index contributed by atoms with van der Waals surface area (Å²) >= 11 is 0. The number of carbonyl (C=O) groups excluding carboxylic acids is 1. The molecule has 17 heavy (non-hydrogen) atoms. The molecule has 6 heteroatoms. The highest BCUT2D eigenvalue weighted by atomic mass is 35.5. The number of carbonyl (C=O) groups is 1. The van der Waals surface area contributed by atoms with Gasteiger partial charge in [0.25, 0.3) is 0 Å². The van der Waals surface area contributed by atoms with Crippen molar-refractivity contribution in [3.8, 4) is 11.5 Å². The van der Waals surface area contributed by atoms with Gasteiger partial charge in [0.05, 0.1) is 0 Å². The summed E-state index contributed by atoms with van der Waals surface area (Å²) in [6.45, 7) is 1.11. The Morgan fingerprint density at radius 1 is 1.35 bits per heavy atom. The smallest absolute Gasteiger partial charge is 0.231 e. The normalized spacial score (nSPS) is 11.8. The first-order valence-electron chi connectivity index (χ1n) is 5.15. The van der Waals surface area contributed by atoms with E-state index in [4.69, 9.17) is 15.2 Å². The number of amides is 1. The number of benzene rings is 1. The summed E-state index contributed by atoms with van der Waals surface area (Å²) < 4.78 is 10.4. The first kappa shape index (κ1) is 13.6. The standard InChI is InChI=1S/C11H14N2O3.ClH/c12-4-3-11(14)13-6-8-1-2-9-10(5-8)16-7-15-9;/h1-2,5H,3-4,6-7,12H2,(H,13,14);1H. The van der Waals surface area contributed by atoms with Gasteiger partial charge in [0, 0.05) is 19.5 Å². The molecule has 94 valence electrons. The lowest BCUT2D eigenvalue weighted by molar-refractivity contribution is -0.121. The topological polar surface area (TPSA) is 73.6 Å². The monoisotopic (exact) mass is 258 g/mol. The van der Waals surface area contributed by atoms with E-state index in [1.165, 1.54) is 0 Å². The fraction of sp³-hybridized carbons (Fsp3) is 0.364. The molecule has 1 aliphatic heterocycles. The molecule has 1 heterocycles. The molecule has 1 aromatic carbocycles. The molecular formula is C11H15ClN2O3. The van der Waals surface area contributed by atoms with Gasteiger partial charge < -0.3 is 20.5 Å². The Morgan fingerprint density at radius 3 is 2.88 bits per heavy atom. The van der Waals surface area contributed by atoms with Crippen molar-refractivity contribution in [2.45, 2.75) is 13.0 Å². The Hall–Kier alpha value is -1.46. The van der Waals surface area contributed by atoms with Crippen LogP contribution in [0.4, 0.5) is 0 Å². The van der Waals surface area contributed by atoms with E-state index in [2.05, 4.69) is 5.32 Å². The number of nitrogens with two attached hydrogens (primary N) is 1. The molecule has 0 saturated carbocycles. The second-order valence-corrected chi connectivity index (χ2v) is 3.50. The lowest BCUT2D eigenvalue weighted by atomic mass is 10.2. The maximum Gasteiger partial charge on any atom is 0.231 e. The van der Waals surface area contributed by atoms with Crippen LogP contribution < -0.4 is 20.5 Å². The van der Waals surface area contributed by atoms with E-state index in [1.54, 1.807) is 0 Å². The van der Waals surface area contributed by atoms with Gasteiger partial charge in [0.15, 0.2) is 11.5 Å². The van der Waals surface area contributed by atoms with Crippen molar-refractivity contribution < 1.29 is 14.3 Å². The third kappa shape index (κ3) is 3.51. The highest BCUT2D eigenvalue weighted by Gasteiger charge is 2.13. The van der Waals surface area contributed by atoms with Gasteiger partial charge in [0.2, 0.25) is 12.7 Å². The molecule has 0 atom stereocenters. The molecule has 0 aromatic heterocycles. The molecule has 0 fully saturated rings. The van der Waals surface area contributed by atoms with Gasteiger partial charge >= 0.3 is 0 Å². The molecule has 1 aliphatic rings. The number of nitrogens with one attached hydrogen (secondary N) is 1. The van der Waals surface area contributed by atoms with Crippen molar-refractivity contribution in [2.24, 2.45) is 5.73 Å². The summed E-state index contributed by atoms with van der Waals surface area (Å²) in [5.74, 6) is 1.43. The molecule has 0 radical (unpaired) electrons. The van der Waals surface area contributed by atoms with Crippen LogP contribution in [0, 0.1) is 0 Å². The van der Waals surface area contributed by atoms with E-state index in [0.29, 0.717) is 19.5 Å². The first-order valence-corrected chi connectivity index (χ1v) is 5.15. The quantitative estimate of drug-likeness (QED) is 0.838. The third-order valence-corrected chi connectivity index (χ3v) is 2.30. The Labute approximate surface area is 106 Å². The molecule has 1 aromatic rings. The molecular weight excluding hydrogens is 244 g/mol. The lowest BCUT2D eigenvalue weighted by Crippen LogP contribution is -2.24. The lowest BCUT2D eigenvalue weighted by Gasteiger charge is -2.05. The van der Waals surface area contributed by atoms with Crippen molar-refractivity contribution in [1.82, 2.24) is 5.32 Å². The largest absolute Gasteiger partial charge is 0.454 e. The minimum atomic E-state index is -0.0415. The zero-order valence-corrected chi connectivity index (χ0v) is 10.1. The molecule has 0 saturated heterocycles. The van der Waals surface area contributed by atoms with Gasteiger partial charge in [-0.2, -0.15) is 0 Å². The van der Waals surface area contributed by atoms with Crippen LogP contribution in [-0.2, 0) is 11.3 Å². The van der Waals surface area contributed by atoms with Gasteiger partial charge in [-0.3, -0.25) is 4.79 Å². The third-order valence-electron chi connectivity index (χ3n) is 2.30. The van der Waals surface area contributed by atoms with Gasteiger partial charge in [-0.1, -0.05) is 6.07 Å². The second kappa shape index (κ2) is 6.32. The number of hydrogen-bond acceptors (Lipinski definition) is 4. The first-order chi connectivity index (χ1) is 7.79. The van der Waals surface area contributed by atoms with Crippen LogP contribution in [0.15, 0.2) is 18.2 Å². The van der Waals surface area contributed by atoms with E-state index in [9.17, 15) is 4.79 Å². The molecule has 3 N–H and O–H groups in total. The van der Waals surface area contributed by atoms with Crippen LogP contribution in [0.5, 0.6) is 11.5 Å². The van der Waals surface area contributed by atoms with Gasteiger partial charge in [-0.15, -0.1) is 12.4 Å². The molecule has 0 unspecified atom stereocenters. The van der Waals surface area contributed by atoms with Crippen LogP contribution >= 0.6 is 12.4 Å². The zero-order chi connectivity index (χ0) is 11.4. The minimum Gasteiger partial charge on any atom is -0.454 e. The average molecular weight is 259 g/mol. The summed E-state index contributed by atoms with van der Waals surface area (Å²) in [4.78, 5) is 11.2. The van der Waals surface area contributed by atoms with E-state index in [1.807, 2.05) is 18.2 Å². The van der Waals surface area contributed by atoms with Gasteiger partial charge in [0.1, 0.15) is 0 Å². The predicted octanol–water partition coefficient (Wildman–Crippen LogP) is 0.802. The SMILES string of the molecule is Cl.NCCC(=O)NCc1ccc2c(c1)OCO2. The summed E-state index contributed by atoms with van der Waals surface area (Å²) in [5, 5.41) is 2.78. The van der Waals surface area contributed by atoms with Crippen molar-refractivity contribution >= 4 is 18.3 Å². The van der Waals surface area contributed by atoms with Gasteiger partial charge in [-0.05, 0) is 17.7 Å². The fourth-order valence-electron chi connectivity index (χ4n) is 1.47. The van der Waals surface area contributed by atoms with Crippen molar-refractivity contribution in [3.63, 3.8) is 0 Å². The van der Waals surface area contributed by atoms with Crippen LogP contribution in [0.1, 0.15) is 12.0 Å². The number of ether oxygens (including phenoxy) is 2. The molecule has 0 spiro atoms. The van der Waals surface area contributed by atoms with Crippen LogP contribution in [0.3, 0.4) is 0 Å². The average Bonchev–Trinajstić information content (AvgIpc) is 2.74. The summed E-state index contributed by atoms with van der Waals surface area (Å²) in [6.07, 6.45) is 0.352. The summed E-state index contributed by atoms with van der Waals surface area (Å²) in [6, 6.07) is 5.61. The van der Waals surface area contributed by atoms with E-state index in [0.717, 1.165) is 17.1 Å². The number of halogens is 1. The Morgan fingerprint density at radius 2 is 2.12 bits per heavy atom. The van der Waals surface area contributed by atoms with E-state index in [-0.39, 0.29) is 25.1 Å². The maximum atomic E-state index is 11.2. The molecule has 5 nitrogen and oxygen atoms in total. The maximum absolute atomic E-state index is 11.2. The highest BCUT2D eigenvalue weighted by molar-refractivity contribution is 5.85. The number of fused-ring (bicyclic) bond motifs is 1. The fourth-order valence-corrected chi connectivity index (χ4v) is 1.47. The minimum absolute atomic E-state index is 0. The zero-order valence-electron chi connectivity index (χ0n) is 9.27. The Kier molecular flexibility index (Phi) is 5.06. The molecule has 0 aliphatic carbocycles. The van der Waals surface area contributed by atoms with Crippen molar-refractivity contribution in [2.75, 3.05) is 13.3 Å². The number of hydrogen-bond donors (Lipinski definition) is 2. The second-order valence-electron chi connectivity index (χ2n) is 3.50. The molecule has 0 bridgehead atoms. The summed E-state index contributed by atoms with van der Waals surface area (Å²) in [7, 11) is 0. The number of rotatable bonds is 4. The highest BCUT2D eigenvalue weighted by Crippen LogP contribution is 2.32. The molecule has 1 amide bonds. The van der Waals surface area contributed by atoms with Crippen LogP contribution in [-0.4, -0.2) is 19.2 Å². The van der Waals surface area contributed by atoms with E-state index < -0.39 is 0 Å². The van der Waals surface area contributed by atoms with Crippen LogP contribution in [0.2, 0.25) is 0 Å². The Balaban J connectivity index is 0.00000144. The Bertz CT molecular complexity index is 398. The summed E-state index contributed by atoms with van der Waals surface area (Å²) in [5.41, 5.74) is 6.26. The van der Waals surface area contributed by atoms with Crippen molar-refractivity contribution in [3.05, 3.63) is 23.8 Å². The van der Waals surface area contributed by atoms with Gasteiger partial charge in [-0.25, -0.2) is 0 Å².